The van der Waals surface area contributed by atoms with Crippen molar-refractivity contribution in [2.75, 3.05) is 20.6 Å². The molecule has 0 aliphatic rings. The molecule has 3 aromatic rings. The average Bonchev–Trinajstić information content (AvgIpc) is 2.88. The lowest BCUT2D eigenvalue weighted by Gasteiger charge is -2.26. The van der Waals surface area contributed by atoms with Crippen LogP contribution in [0, 0.1) is 45.2 Å². The number of rotatable bonds is 12. The van der Waals surface area contributed by atoms with Gasteiger partial charge in [-0.05, 0) is 106 Å². The summed E-state index contributed by atoms with van der Waals surface area (Å²) in [7, 11) is 3.85. The first-order chi connectivity index (χ1) is 20.1. The van der Waals surface area contributed by atoms with Crippen LogP contribution in [0.25, 0.3) is 11.1 Å². The van der Waals surface area contributed by atoms with Crippen molar-refractivity contribution in [3.05, 3.63) is 86.1 Å². The number of hydrogen-bond donors (Lipinski definition) is 2. The third-order valence-corrected chi connectivity index (χ3v) is 7.43. The maximum absolute atomic E-state index is 15.7. The van der Waals surface area contributed by atoms with Crippen molar-refractivity contribution in [3.63, 3.8) is 0 Å². The van der Waals surface area contributed by atoms with Gasteiger partial charge in [-0.25, -0.2) is 8.78 Å². The van der Waals surface area contributed by atoms with E-state index in [0.717, 1.165) is 0 Å². The Bertz CT molecular complexity index is 1540. The van der Waals surface area contributed by atoms with E-state index in [4.69, 9.17) is 0 Å². The minimum atomic E-state index is -1.23. The molecule has 3 rings (SSSR count). The Hall–Kier alpha value is -3.92. The molecule has 0 spiro atoms. The van der Waals surface area contributed by atoms with Gasteiger partial charge in [0.05, 0.1) is 18.2 Å². The largest absolute Gasteiger partial charge is 0.481 e. The first kappa shape index (κ1) is 33.6. The van der Waals surface area contributed by atoms with E-state index in [1.807, 2.05) is 32.8 Å². The van der Waals surface area contributed by atoms with E-state index in [9.17, 15) is 23.9 Å². The Morgan fingerprint density at radius 3 is 2.21 bits per heavy atom. The first-order valence-corrected chi connectivity index (χ1v) is 14.4. The summed E-state index contributed by atoms with van der Waals surface area (Å²) in [6.45, 7) is 11.2. The van der Waals surface area contributed by atoms with E-state index >= 15 is 4.39 Å². The number of hydrogen-bond acceptors (Lipinski definition) is 5. The molecule has 2 aromatic carbocycles. The van der Waals surface area contributed by atoms with Gasteiger partial charge in [0.1, 0.15) is 23.4 Å². The first-order valence-electron chi connectivity index (χ1n) is 14.4. The summed E-state index contributed by atoms with van der Waals surface area (Å²) in [4.78, 5) is 45.5. The zero-order valence-electron chi connectivity index (χ0n) is 26.2. The van der Waals surface area contributed by atoms with Gasteiger partial charge >= 0.3 is 5.97 Å². The van der Waals surface area contributed by atoms with Crippen molar-refractivity contribution < 1.29 is 23.5 Å². The SMILES string of the molecule is Cc1cc(-c2c(C)cc(F)cc2C)cc(C(CC(=O)O)NC(=O)C(CC(C)C)n2cc(CCN(C)C)nc(C)c2=O)c1F. The molecule has 232 valence electrons. The maximum atomic E-state index is 15.7. The fourth-order valence-corrected chi connectivity index (χ4v) is 5.42. The summed E-state index contributed by atoms with van der Waals surface area (Å²) >= 11 is 0. The molecule has 0 bridgehead atoms. The Kier molecular flexibility index (Phi) is 11.0. The van der Waals surface area contributed by atoms with Crippen LogP contribution in [0.15, 0.2) is 35.3 Å². The number of carbonyl (C=O) groups excluding carboxylic acids is 1. The fraction of sp³-hybridized carbons (Fsp3) is 0.455. The number of nitrogens with one attached hydrogen (secondary N) is 1. The Morgan fingerprint density at radius 1 is 1.02 bits per heavy atom. The number of carboxylic acid groups (broad SMARTS) is 1. The molecule has 2 N–H and O–H groups in total. The van der Waals surface area contributed by atoms with Crippen molar-refractivity contribution in [3.8, 4) is 11.1 Å². The molecule has 1 aromatic heterocycles. The molecule has 2 unspecified atom stereocenters. The van der Waals surface area contributed by atoms with Gasteiger partial charge < -0.3 is 15.3 Å². The summed E-state index contributed by atoms with van der Waals surface area (Å²) in [5.41, 5.74) is 3.30. The fourth-order valence-electron chi connectivity index (χ4n) is 5.42. The van der Waals surface area contributed by atoms with Crippen LogP contribution in [-0.4, -0.2) is 52.1 Å². The van der Waals surface area contributed by atoms with Gasteiger partial charge in [0.25, 0.3) is 5.56 Å². The van der Waals surface area contributed by atoms with Crippen LogP contribution in [0.4, 0.5) is 8.78 Å². The number of carbonyl (C=O) groups is 2. The van der Waals surface area contributed by atoms with Gasteiger partial charge in [0.15, 0.2) is 0 Å². The molecule has 8 nitrogen and oxygen atoms in total. The zero-order valence-corrected chi connectivity index (χ0v) is 26.2. The predicted octanol–water partition coefficient (Wildman–Crippen LogP) is 5.45. The molecule has 1 amide bonds. The van der Waals surface area contributed by atoms with Gasteiger partial charge in [-0.1, -0.05) is 13.8 Å². The molecule has 0 saturated carbocycles. The number of likely N-dealkylation sites (N-methyl/N-ethyl adjacent to an activating group) is 1. The summed E-state index contributed by atoms with van der Waals surface area (Å²) in [5, 5.41) is 12.5. The molecule has 0 aliphatic carbocycles. The second-order valence-electron chi connectivity index (χ2n) is 12.0. The Balaban J connectivity index is 2.11. The molecule has 0 saturated heterocycles. The predicted molar refractivity (Wildman–Crippen MR) is 163 cm³/mol. The Labute approximate surface area is 251 Å². The van der Waals surface area contributed by atoms with Gasteiger partial charge in [0, 0.05) is 24.7 Å². The second kappa shape index (κ2) is 14.0. The third kappa shape index (κ3) is 8.34. The molecule has 0 aliphatic heterocycles. The van der Waals surface area contributed by atoms with E-state index in [1.54, 1.807) is 40.0 Å². The number of aromatic nitrogens is 2. The van der Waals surface area contributed by atoms with Crippen LogP contribution in [-0.2, 0) is 16.0 Å². The van der Waals surface area contributed by atoms with E-state index in [2.05, 4.69) is 10.3 Å². The van der Waals surface area contributed by atoms with Crippen molar-refractivity contribution in [1.29, 1.82) is 0 Å². The quantitative estimate of drug-likeness (QED) is 0.288. The second-order valence-corrected chi connectivity index (χ2v) is 12.0. The summed E-state index contributed by atoms with van der Waals surface area (Å²) < 4.78 is 31.1. The van der Waals surface area contributed by atoms with Crippen molar-refractivity contribution in [2.45, 2.75) is 72.9 Å². The summed E-state index contributed by atoms with van der Waals surface area (Å²) in [5.74, 6) is -2.86. The van der Waals surface area contributed by atoms with Crippen LogP contribution in [0.2, 0.25) is 0 Å². The topological polar surface area (TPSA) is 105 Å². The highest BCUT2D eigenvalue weighted by molar-refractivity contribution is 5.82. The van der Waals surface area contributed by atoms with Gasteiger partial charge in [-0.3, -0.25) is 23.9 Å². The van der Waals surface area contributed by atoms with Gasteiger partial charge in [0.2, 0.25) is 5.91 Å². The van der Waals surface area contributed by atoms with Gasteiger partial charge in [-0.2, -0.15) is 0 Å². The highest BCUT2D eigenvalue weighted by Crippen LogP contribution is 2.34. The van der Waals surface area contributed by atoms with Crippen LogP contribution in [0.3, 0.4) is 0 Å². The minimum Gasteiger partial charge on any atom is -0.481 e. The lowest BCUT2D eigenvalue weighted by atomic mass is 9.90. The number of amides is 1. The number of carboxylic acids is 1. The average molecular weight is 597 g/mol. The molecule has 2 atom stereocenters. The molecule has 0 radical (unpaired) electrons. The molecule has 0 fully saturated rings. The van der Waals surface area contributed by atoms with E-state index in [0.29, 0.717) is 40.9 Å². The lowest BCUT2D eigenvalue weighted by molar-refractivity contribution is -0.138. The van der Waals surface area contributed by atoms with Gasteiger partial charge in [-0.15, -0.1) is 0 Å². The molecular weight excluding hydrogens is 554 g/mol. The summed E-state index contributed by atoms with van der Waals surface area (Å²) in [6.07, 6.45) is 1.85. The van der Waals surface area contributed by atoms with E-state index in [1.165, 1.54) is 22.8 Å². The minimum absolute atomic E-state index is 0.00194. The van der Waals surface area contributed by atoms with Crippen LogP contribution in [0.5, 0.6) is 0 Å². The number of benzene rings is 2. The van der Waals surface area contributed by atoms with Crippen LogP contribution >= 0.6 is 0 Å². The maximum Gasteiger partial charge on any atom is 0.305 e. The van der Waals surface area contributed by atoms with Crippen LogP contribution in [0.1, 0.15) is 72.4 Å². The number of halogens is 2. The molecule has 10 heteroatoms. The van der Waals surface area contributed by atoms with Crippen molar-refractivity contribution in [2.24, 2.45) is 5.92 Å². The van der Waals surface area contributed by atoms with E-state index < -0.39 is 47.6 Å². The lowest BCUT2D eigenvalue weighted by Crippen LogP contribution is -2.41. The highest BCUT2D eigenvalue weighted by Gasteiger charge is 2.30. The van der Waals surface area contributed by atoms with Crippen molar-refractivity contribution in [1.82, 2.24) is 19.8 Å². The monoisotopic (exact) mass is 596 g/mol. The molecule has 1 heterocycles. The highest BCUT2D eigenvalue weighted by atomic mass is 19.1. The van der Waals surface area contributed by atoms with Crippen molar-refractivity contribution >= 4 is 11.9 Å². The zero-order chi connectivity index (χ0) is 32.2. The normalized spacial score (nSPS) is 12.9. The Morgan fingerprint density at radius 2 is 1.65 bits per heavy atom. The molecule has 43 heavy (non-hydrogen) atoms. The van der Waals surface area contributed by atoms with E-state index in [-0.39, 0.29) is 29.2 Å². The summed E-state index contributed by atoms with van der Waals surface area (Å²) in [6, 6.07) is 3.71. The third-order valence-electron chi connectivity index (χ3n) is 7.43. The number of aryl methyl sites for hydroxylation is 4. The molecular formula is C33H42F2N4O4. The number of aliphatic carboxylic acids is 1. The standard InChI is InChI=1S/C33H42F2N4O4/c1-18(2)11-28(39-17-25(9-10-38(7)8)36-22(6)33(39)43)32(42)37-27(16-29(40)41)26-15-23(12-21(5)31(26)35)30-19(3)13-24(34)14-20(30)4/h12-15,17-18,27-28H,9-11,16H2,1-8H3,(H,37,42)(H,40,41). The van der Waals surface area contributed by atoms with Crippen LogP contribution < -0.4 is 10.9 Å². The smallest absolute Gasteiger partial charge is 0.305 e. The number of nitrogens with zero attached hydrogens (tertiary/aromatic N) is 3.